The number of carbonyl (C=O) groups excluding carboxylic acids is 3. The predicted octanol–water partition coefficient (Wildman–Crippen LogP) is 5.54. The zero-order valence-electron chi connectivity index (χ0n) is 23.9. The van der Waals surface area contributed by atoms with E-state index in [2.05, 4.69) is 43.9 Å². The van der Waals surface area contributed by atoms with Crippen LogP contribution in [0.5, 0.6) is 0 Å². The number of pyridine rings is 1. The van der Waals surface area contributed by atoms with Crippen molar-refractivity contribution >= 4 is 28.9 Å². The van der Waals surface area contributed by atoms with Crippen molar-refractivity contribution in [3.05, 3.63) is 51.0 Å². The van der Waals surface area contributed by atoms with Gasteiger partial charge in [0.1, 0.15) is 5.69 Å². The first-order valence-corrected chi connectivity index (χ1v) is 14.9. The number of amides is 2. The van der Waals surface area contributed by atoms with E-state index in [4.69, 9.17) is 0 Å². The maximum absolute atomic E-state index is 13.1. The number of aromatic nitrogens is 1. The fourth-order valence-electron chi connectivity index (χ4n) is 5.41. The van der Waals surface area contributed by atoms with Gasteiger partial charge in [0, 0.05) is 61.9 Å². The summed E-state index contributed by atoms with van der Waals surface area (Å²) in [6, 6.07) is 4.53. The summed E-state index contributed by atoms with van der Waals surface area (Å²) < 4.78 is 0. The molecule has 7 nitrogen and oxygen atoms in total. The van der Waals surface area contributed by atoms with Gasteiger partial charge in [-0.2, -0.15) is 11.3 Å². The molecule has 0 saturated carbocycles. The Kier molecular flexibility index (Phi) is 11.0. The van der Waals surface area contributed by atoms with Gasteiger partial charge in [-0.25, -0.2) is 4.98 Å². The van der Waals surface area contributed by atoms with E-state index in [0.717, 1.165) is 44.3 Å². The molecule has 3 rings (SSSR count). The van der Waals surface area contributed by atoms with E-state index >= 15 is 0 Å². The Morgan fingerprint density at radius 1 is 1.18 bits per heavy atom. The lowest BCUT2D eigenvalue weighted by Gasteiger charge is -2.40. The Morgan fingerprint density at radius 3 is 2.47 bits per heavy atom. The van der Waals surface area contributed by atoms with Gasteiger partial charge < -0.3 is 15.1 Å². The fraction of sp³-hybridized carbons (Fsp3) is 0.600. The molecule has 3 heterocycles. The van der Waals surface area contributed by atoms with Crippen LogP contribution in [0.15, 0.2) is 22.9 Å². The van der Waals surface area contributed by atoms with E-state index in [9.17, 15) is 14.4 Å². The number of aryl methyl sites for hydroxylation is 2. The highest BCUT2D eigenvalue weighted by molar-refractivity contribution is 7.07. The van der Waals surface area contributed by atoms with Crippen LogP contribution in [0.1, 0.15) is 104 Å². The molecule has 0 bridgehead atoms. The van der Waals surface area contributed by atoms with Crippen molar-refractivity contribution in [2.75, 3.05) is 13.1 Å². The second-order valence-electron chi connectivity index (χ2n) is 10.9. The highest BCUT2D eigenvalue weighted by atomic mass is 32.1. The standard InChI is InChI=1S/C30H44N4O3S/c1-7-28(36)34(18-24-13-16-38-19-24)25-11-14-33(15-12-25)22(5)9-8-10-27(35)29-21(4)17-26(32-23(29)6)30(37)31-20(2)3/h13,16-17,19-20,22,25H,7-12,14-15,18H2,1-6H3,(H,31,37)/t22-/m1/s1. The van der Waals surface area contributed by atoms with Crippen molar-refractivity contribution in [3.63, 3.8) is 0 Å². The van der Waals surface area contributed by atoms with Crippen LogP contribution in [0.3, 0.4) is 0 Å². The topological polar surface area (TPSA) is 82.6 Å². The smallest absolute Gasteiger partial charge is 0.270 e. The van der Waals surface area contributed by atoms with Crippen LogP contribution < -0.4 is 5.32 Å². The molecule has 1 aliphatic heterocycles. The van der Waals surface area contributed by atoms with Gasteiger partial charge in [-0.3, -0.25) is 14.4 Å². The molecule has 0 radical (unpaired) electrons. The summed E-state index contributed by atoms with van der Waals surface area (Å²) in [6.07, 6.45) is 4.74. The maximum Gasteiger partial charge on any atom is 0.270 e. The number of nitrogens with one attached hydrogen (secondary N) is 1. The van der Waals surface area contributed by atoms with Crippen LogP contribution in [-0.4, -0.2) is 63.6 Å². The van der Waals surface area contributed by atoms with Crippen LogP contribution in [0.25, 0.3) is 0 Å². The molecule has 0 aliphatic carbocycles. The molecule has 1 atom stereocenters. The molecule has 1 aliphatic rings. The van der Waals surface area contributed by atoms with Crippen LogP contribution in [0.4, 0.5) is 0 Å². The first-order chi connectivity index (χ1) is 18.1. The van der Waals surface area contributed by atoms with Gasteiger partial charge in [0.25, 0.3) is 5.91 Å². The van der Waals surface area contributed by atoms with Crippen molar-refractivity contribution in [3.8, 4) is 0 Å². The first kappa shape index (κ1) is 30.0. The van der Waals surface area contributed by atoms with Crippen LogP contribution in [0.2, 0.25) is 0 Å². The lowest BCUT2D eigenvalue weighted by atomic mass is 9.96. The summed E-state index contributed by atoms with van der Waals surface area (Å²) in [6.45, 7) is 14.3. The molecule has 0 spiro atoms. The minimum absolute atomic E-state index is 0.0305. The van der Waals surface area contributed by atoms with E-state index in [1.807, 2.05) is 34.6 Å². The number of carbonyl (C=O) groups is 3. The second-order valence-corrected chi connectivity index (χ2v) is 11.6. The number of nitrogens with zero attached hydrogens (tertiary/aromatic N) is 3. The van der Waals surface area contributed by atoms with E-state index < -0.39 is 0 Å². The third-order valence-corrected chi connectivity index (χ3v) is 8.21. The number of piperidine rings is 1. The van der Waals surface area contributed by atoms with Gasteiger partial charge in [0.15, 0.2) is 5.78 Å². The van der Waals surface area contributed by atoms with Crippen molar-refractivity contribution in [1.29, 1.82) is 0 Å². The average Bonchev–Trinajstić information content (AvgIpc) is 3.39. The largest absolute Gasteiger partial charge is 0.349 e. The molecule has 1 saturated heterocycles. The molecule has 2 aromatic rings. The Morgan fingerprint density at radius 2 is 1.89 bits per heavy atom. The fourth-order valence-corrected chi connectivity index (χ4v) is 6.07. The van der Waals surface area contributed by atoms with Crippen LogP contribution >= 0.6 is 11.3 Å². The lowest BCUT2D eigenvalue weighted by Crippen LogP contribution is -2.48. The summed E-state index contributed by atoms with van der Waals surface area (Å²) in [7, 11) is 0. The van der Waals surface area contributed by atoms with Crippen molar-refractivity contribution < 1.29 is 14.4 Å². The van der Waals surface area contributed by atoms with Crippen LogP contribution in [-0.2, 0) is 11.3 Å². The number of hydrogen-bond donors (Lipinski definition) is 1. The number of thiophene rings is 1. The normalized spacial score (nSPS) is 15.4. The molecule has 0 aromatic carbocycles. The van der Waals surface area contributed by atoms with E-state index in [1.165, 1.54) is 5.56 Å². The molecule has 1 fully saturated rings. The molecule has 8 heteroatoms. The Hall–Kier alpha value is -2.58. The third kappa shape index (κ3) is 7.96. The highest BCUT2D eigenvalue weighted by Crippen LogP contribution is 2.24. The summed E-state index contributed by atoms with van der Waals surface area (Å²) in [5, 5.41) is 7.06. The lowest BCUT2D eigenvalue weighted by molar-refractivity contribution is -0.135. The van der Waals surface area contributed by atoms with E-state index in [0.29, 0.717) is 42.4 Å². The number of likely N-dealkylation sites (tertiary alicyclic amines) is 1. The minimum atomic E-state index is -0.212. The SMILES string of the molecule is CCC(=O)N(Cc1ccsc1)C1CCN([C@H](C)CCCC(=O)c2c(C)cc(C(=O)NC(C)C)nc2C)CC1. The number of Topliss-reactive ketones (excluding diaryl/α,β-unsaturated/α-hetero) is 1. The molecular formula is C30H44N4O3S. The van der Waals surface area contributed by atoms with Crippen molar-refractivity contribution in [2.45, 2.75) is 105 Å². The van der Waals surface area contributed by atoms with Crippen molar-refractivity contribution in [1.82, 2.24) is 20.1 Å². The van der Waals surface area contributed by atoms with Gasteiger partial charge in [-0.05, 0) is 94.3 Å². The molecule has 2 aromatic heterocycles. The van der Waals surface area contributed by atoms with Gasteiger partial charge in [-0.15, -0.1) is 0 Å². The molecule has 1 N–H and O–H groups in total. The number of rotatable bonds is 12. The zero-order valence-corrected chi connectivity index (χ0v) is 24.7. The van der Waals surface area contributed by atoms with E-state index in [-0.39, 0.29) is 29.7 Å². The van der Waals surface area contributed by atoms with E-state index in [1.54, 1.807) is 17.4 Å². The zero-order chi connectivity index (χ0) is 27.8. The van der Waals surface area contributed by atoms with Gasteiger partial charge in [-0.1, -0.05) is 6.92 Å². The van der Waals surface area contributed by atoms with Gasteiger partial charge in [0.05, 0.1) is 0 Å². The summed E-state index contributed by atoms with van der Waals surface area (Å²) in [5.74, 6) is 0.114. The highest BCUT2D eigenvalue weighted by Gasteiger charge is 2.29. The molecule has 208 valence electrons. The Balaban J connectivity index is 1.49. The third-order valence-electron chi connectivity index (χ3n) is 7.47. The number of hydrogen-bond acceptors (Lipinski definition) is 6. The quantitative estimate of drug-likeness (QED) is 0.357. The van der Waals surface area contributed by atoms with Gasteiger partial charge in [0.2, 0.25) is 5.91 Å². The maximum atomic E-state index is 13.1. The summed E-state index contributed by atoms with van der Waals surface area (Å²) in [5.41, 5.74) is 3.64. The first-order valence-electron chi connectivity index (χ1n) is 14.0. The number of ketones is 1. The Labute approximate surface area is 232 Å². The van der Waals surface area contributed by atoms with Gasteiger partial charge >= 0.3 is 0 Å². The molecule has 2 amide bonds. The molecular weight excluding hydrogens is 496 g/mol. The van der Waals surface area contributed by atoms with Crippen molar-refractivity contribution in [2.24, 2.45) is 0 Å². The average molecular weight is 541 g/mol. The van der Waals surface area contributed by atoms with Crippen LogP contribution in [0, 0.1) is 13.8 Å². The Bertz CT molecular complexity index is 1070. The summed E-state index contributed by atoms with van der Waals surface area (Å²) in [4.78, 5) is 47.1. The molecule has 38 heavy (non-hydrogen) atoms. The predicted molar refractivity (Wildman–Crippen MR) is 154 cm³/mol. The summed E-state index contributed by atoms with van der Waals surface area (Å²) >= 11 is 1.68. The second kappa shape index (κ2) is 14.0. The minimum Gasteiger partial charge on any atom is -0.349 e. The monoisotopic (exact) mass is 540 g/mol. The molecule has 0 unspecified atom stereocenters.